The Morgan fingerprint density at radius 3 is 2.21 bits per heavy atom. The Morgan fingerprint density at radius 1 is 0.857 bits per heavy atom. The van der Waals surface area contributed by atoms with Crippen LogP contribution in [-0.2, 0) is 0 Å². The van der Waals surface area contributed by atoms with Gasteiger partial charge in [-0.1, -0.05) is 0 Å². The summed E-state index contributed by atoms with van der Waals surface area (Å²) < 4.78 is 0. The van der Waals surface area contributed by atoms with Crippen molar-refractivity contribution in [3.05, 3.63) is 0 Å². The molecule has 0 aliphatic carbocycles. The van der Waals surface area contributed by atoms with Crippen LogP contribution in [0, 0.1) is 5.92 Å². The standard InChI is InChI=1S/C11H23N3/c1-12-5-4-10(8-12)11-9-13(2)6-7-14(11)3/h10-11H,4-9H2,1-3H3. The van der Waals surface area contributed by atoms with Crippen LogP contribution in [0.1, 0.15) is 6.42 Å². The highest BCUT2D eigenvalue weighted by molar-refractivity contribution is 4.89. The quantitative estimate of drug-likeness (QED) is 0.594. The average Bonchev–Trinajstić information content (AvgIpc) is 2.56. The van der Waals surface area contributed by atoms with E-state index in [-0.39, 0.29) is 0 Å². The van der Waals surface area contributed by atoms with Gasteiger partial charge in [0, 0.05) is 32.2 Å². The lowest BCUT2D eigenvalue weighted by atomic mass is 9.95. The Morgan fingerprint density at radius 2 is 1.57 bits per heavy atom. The lowest BCUT2D eigenvalue weighted by Gasteiger charge is -2.40. The lowest BCUT2D eigenvalue weighted by Crippen LogP contribution is -2.53. The highest BCUT2D eigenvalue weighted by Gasteiger charge is 2.33. The van der Waals surface area contributed by atoms with Gasteiger partial charge in [-0.15, -0.1) is 0 Å². The van der Waals surface area contributed by atoms with Crippen molar-refractivity contribution in [3.8, 4) is 0 Å². The summed E-state index contributed by atoms with van der Waals surface area (Å²) >= 11 is 0. The summed E-state index contributed by atoms with van der Waals surface area (Å²) in [6.45, 7) is 6.31. The van der Waals surface area contributed by atoms with Crippen molar-refractivity contribution < 1.29 is 0 Å². The van der Waals surface area contributed by atoms with E-state index in [2.05, 4.69) is 35.8 Å². The van der Waals surface area contributed by atoms with Crippen molar-refractivity contribution in [2.24, 2.45) is 5.92 Å². The van der Waals surface area contributed by atoms with E-state index < -0.39 is 0 Å². The summed E-state index contributed by atoms with van der Waals surface area (Å²) in [5, 5.41) is 0. The number of nitrogens with zero attached hydrogens (tertiary/aromatic N) is 3. The van der Waals surface area contributed by atoms with Crippen molar-refractivity contribution in [2.45, 2.75) is 12.5 Å². The summed E-state index contributed by atoms with van der Waals surface area (Å²) in [5.74, 6) is 0.896. The molecule has 2 unspecified atom stereocenters. The number of likely N-dealkylation sites (tertiary alicyclic amines) is 1. The molecule has 0 aromatic rings. The van der Waals surface area contributed by atoms with Gasteiger partial charge in [-0.05, 0) is 40.0 Å². The third kappa shape index (κ3) is 2.10. The Hall–Kier alpha value is -0.120. The first-order valence-corrected chi connectivity index (χ1v) is 5.74. The predicted octanol–water partition coefficient (Wildman–Crippen LogP) is 0.184. The molecule has 0 bridgehead atoms. The van der Waals surface area contributed by atoms with Crippen LogP contribution in [0.4, 0.5) is 0 Å². The molecule has 82 valence electrons. The molecule has 0 radical (unpaired) electrons. The van der Waals surface area contributed by atoms with Crippen LogP contribution < -0.4 is 0 Å². The zero-order valence-electron chi connectivity index (χ0n) is 9.74. The minimum atomic E-state index is 0.790. The monoisotopic (exact) mass is 197 g/mol. The van der Waals surface area contributed by atoms with Gasteiger partial charge in [-0.3, -0.25) is 0 Å². The fraction of sp³-hybridized carbons (Fsp3) is 1.00. The van der Waals surface area contributed by atoms with Gasteiger partial charge in [0.1, 0.15) is 0 Å². The smallest absolute Gasteiger partial charge is 0.0261 e. The molecular weight excluding hydrogens is 174 g/mol. The summed E-state index contributed by atoms with van der Waals surface area (Å²) in [6.07, 6.45) is 1.39. The van der Waals surface area contributed by atoms with Crippen LogP contribution in [0.3, 0.4) is 0 Å². The molecule has 3 heteroatoms. The molecule has 0 aromatic heterocycles. The fourth-order valence-corrected chi connectivity index (χ4v) is 2.84. The van der Waals surface area contributed by atoms with Gasteiger partial charge in [-0.25, -0.2) is 0 Å². The van der Waals surface area contributed by atoms with Crippen molar-refractivity contribution in [3.63, 3.8) is 0 Å². The third-order valence-electron chi connectivity index (χ3n) is 3.87. The van der Waals surface area contributed by atoms with Gasteiger partial charge in [0.2, 0.25) is 0 Å². The molecule has 2 atom stereocenters. The van der Waals surface area contributed by atoms with Crippen molar-refractivity contribution in [1.29, 1.82) is 0 Å². The maximum absolute atomic E-state index is 2.56. The van der Waals surface area contributed by atoms with Crippen LogP contribution >= 0.6 is 0 Å². The van der Waals surface area contributed by atoms with E-state index in [1.807, 2.05) is 0 Å². The molecule has 0 amide bonds. The molecule has 0 saturated carbocycles. The minimum absolute atomic E-state index is 0.790. The van der Waals surface area contributed by atoms with Gasteiger partial charge < -0.3 is 14.7 Å². The Kier molecular flexibility index (Phi) is 3.10. The normalized spacial score (nSPS) is 37.9. The first-order chi connectivity index (χ1) is 6.66. The summed E-state index contributed by atoms with van der Waals surface area (Å²) in [5.41, 5.74) is 0. The number of hydrogen-bond acceptors (Lipinski definition) is 3. The van der Waals surface area contributed by atoms with Crippen LogP contribution in [0.25, 0.3) is 0 Å². The highest BCUT2D eigenvalue weighted by Crippen LogP contribution is 2.23. The van der Waals surface area contributed by atoms with Crippen molar-refractivity contribution in [2.75, 3.05) is 53.9 Å². The molecule has 0 aromatic carbocycles. The Balaban J connectivity index is 1.94. The van der Waals surface area contributed by atoms with Crippen molar-refractivity contribution >= 4 is 0 Å². The summed E-state index contributed by atoms with van der Waals surface area (Å²) in [7, 11) is 6.78. The largest absolute Gasteiger partial charge is 0.306 e. The topological polar surface area (TPSA) is 9.72 Å². The Bertz CT molecular complexity index is 195. The van der Waals surface area contributed by atoms with Gasteiger partial charge in [0.15, 0.2) is 0 Å². The number of hydrogen-bond donors (Lipinski definition) is 0. The van der Waals surface area contributed by atoms with E-state index >= 15 is 0 Å². The minimum Gasteiger partial charge on any atom is -0.306 e. The fourth-order valence-electron chi connectivity index (χ4n) is 2.84. The third-order valence-corrected chi connectivity index (χ3v) is 3.87. The van der Waals surface area contributed by atoms with Crippen molar-refractivity contribution in [1.82, 2.24) is 14.7 Å². The van der Waals surface area contributed by atoms with Gasteiger partial charge >= 0.3 is 0 Å². The van der Waals surface area contributed by atoms with E-state index in [0.29, 0.717) is 0 Å². The molecule has 14 heavy (non-hydrogen) atoms. The van der Waals surface area contributed by atoms with Gasteiger partial charge in [-0.2, -0.15) is 0 Å². The van der Waals surface area contributed by atoms with Gasteiger partial charge in [0.05, 0.1) is 0 Å². The maximum atomic E-state index is 2.56. The second-order valence-corrected chi connectivity index (χ2v) is 5.12. The summed E-state index contributed by atoms with van der Waals surface area (Å²) in [6, 6.07) is 0.790. The van der Waals surface area contributed by atoms with Crippen LogP contribution in [0.2, 0.25) is 0 Å². The molecule has 0 N–H and O–H groups in total. The zero-order chi connectivity index (χ0) is 10.1. The van der Waals surface area contributed by atoms with E-state index in [1.54, 1.807) is 0 Å². The second-order valence-electron chi connectivity index (χ2n) is 5.12. The first-order valence-electron chi connectivity index (χ1n) is 5.74. The summed E-state index contributed by atoms with van der Waals surface area (Å²) in [4.78, 5) is 7.50. The number of piperazine rings is 1. The molecule has 2 fully saturated rings. The SMILES string of the molecule is CN1CCC(C2CN(C)CCN2C)C1. The predicted molar refractivity (Wildman–Crippen MR) is 59.5 cm³/mol. The molecule has 3 nitrogen and oxygen atoms in total. The molecule has 2 rings (SSSR count). The van der Waals surface area contributed by atoms with Gasteiger partial charge in [0.25, 0.3) is 0 Å². The van der Waals surface area contributed by atoms with E-state index in [0.717, 1.165) is 12.0 Å². The average molecular weight is 197 g/mol. The second kappa shape index (κ2) is 4.17. The maximum Gasteiger partial charge on any atom is 0.0261 e. The Labute approximate surface area is 87.7 Å². The zero-order valence-corrected chi connectivity index (χ0v) is 9.74. The van der Waals surface area contributed by atoms with Crippen LogP contribution in [-0.4, -0.2) is 74.6 Å². The lowest BCUT2D eigenvalue weighted by molar-refractivity contribution is 0.0779. The number of rotatable bonds is 1. The van der Waals surface area contributed by atoms with E-state index in [4.69, 9.17) is 0 Å². The molecule has 2 aliphatic heterocycles. The van der Waals surface area contributed by atoms with Crippen LogP contribution in [0.5, 0.6) is 0 Å². The molecular formula is C11H23N3. The molecule has 2 aliphatic rings. The highest BCUT2D eigenvalue weighted by atomic mass is 15.3. The molecule has 2 saturated heterocycles. The van der Waals surface area contributed by atoms with Crippen LogP contribution in [0.15, 0.2) is 0 Å². The molecule has 0 spiro atoms. The van der Waals surface area contributed by atoms with E-state index in [9.17, 15) is 0 Å². The molecule has 2 heterocycles. The number of likely N-dealkylation sites (N-methyl/N-ethyl adjacent to an activating group) is 2. The van der Waals surface area contributed by atoms with E-state index in [1.165, 1.54) is 39.1 Å². The first kappa shape index (κ1) is 10.4.